The topological polar surface area (TPSA) is 201 Å². The van der Waals surface area contributed by atoms with Crippen LogP contribution in [0.2, 0.25) is 0 Å². The van der Waals surface area contributed by atoms with Crippen molar-refractivity contribution in [3.8, 4) is 0 Å². The first kappa shape index (κ1) is 35.8. The maximum atomic E-state index is 13.4. The number of amides is 3. The number of carbonyl (C=O) groups excluding carboxylic acids is 4. The van der Waals surface area contributed by atoms with Crippen molar-refractivity contribution >= 4 is 46.2 Å². The molecule has 2 aromatic heterocycles. The Bertz CT molecular complexity index is 1750. The number of H-pyrrole nitrogens is 1. The largest absolute Gasteiger partial charge is 0.550 e. The number of carbonyl (C=O) groups is 4. The summed E-state index contributed by atoms with van der Waals surface area (Å²) in [6.45, 7) is 1.39. The van der Waals surface area contributed by atoms with Crippen molar-refractivity contribution in [1.82, 2.24) is 30.1 Å². The van der Waals surface area contributed by atoms with Crippen molar-refractivity contribution in [2.24, 2.45) is 5.11 Å². The molecule has 1 unspecified atom stereocenters. The number of hydrogen-bond acceptors (Lipinski definition) is 9. The van der Waals surface area contributed by atoms with Crippen molar-refractivity contribution in [2.75, 3.05) is 25.5 Å². The van der Waals surface area contributed by atoms with Crippen LogP contribution in [0, 0.1) is 0 Å². The Hall–Kier alpha value is -5.01. The molecule has 3 amide bonds. The molecule has 1 radical (unpaired) electrons. The molecule has 0 spiro atoms. The summed E-state index contributed by atoms with van der Waals surface area (Å²) in [7, 11) is 1.70. The first-order valence-electron chi connectivity index (χ1n) is 15.4. The number of nitrogens with two attached hydrogens (primary N) is 1. The monoisotopic (exact) mass is 738 g/mol. The fraction of sp³-hybridized carbons (Fsp3) is 0.333. The zero-order valence-electron chi connectivity index (χ0n) is 26.4. The molecule has 3 heterocycles. The van der Waals surface area contributed by atoms with Gasteiger partial charge in [-0.25, -0.2) is 9.97 Å². The molecule has 4 aromatic rings. The number of anilines is 1. The fourth-order valence-electron chi connectivity index (χ4n) is 5.53. The molecule has 0 fully saturated rings. The molecular formula is C33H37N9O5Tc. The maximum absolute atomic E-state index is 13.4. The smallest absolute Gasteiger partial charge is 0.254 e. The summed E-state index contributed by atoms with van der Waals surface area (Å²) in [4.78, 5) is 65.5. The Morgan fingerprint density at radius 2 is 1.85 bits per heavy atom. The second-order valence-electron chi connectivity index (χ2n) is 11.5. The van der Waals surface area contributed by atoms with Crippen LogP contribution in [0.3, 0.4) is 0 Å². The summed E-state index contributed by atoms with van der Waals surface area (Å²) in [6, 6.07) is 14.9. The molecule has 1 aliphatic rings. The number of benzene rings is 2. The predicted octanol–water partition coefficient (Wildman–Crippen LogP) is 1.32. The van der Waals surface area contributed by atoms with E-state index in [4.69, 9.17) is 5.53 Å². The average molecular weight is 739 g/mol. The number of hydrogen-bond donors (Lipinski definition) is 4. The van der Waals surface area contributed by atoms with E-state index in [1.165, 1.54) is 6.20 Å². The van der Waals surface area contributed by atoms with E-state index in [0.717, 1.165) is 30.3 Å². The number of aromatic nitrogens is 3. The summed E-state index contributed by atoms with van der Waals surface area (Å²) in [5, 5.41) is 20.9. The van der Waals surface area contributed by atoms with Crippen molar-refractivity contribution in [2.45, 2.75) is 51.2 Å². The molecular weight excluding hydrogens is 701 g/mol. The molecule has 1 atom stereocenters. The molecule has 1 aliphatic heterocycles. The van der Waals surface area contributed by atoms with Crippen LogP contribution in [-0.4, -0.2) is 74.6 Å². The van der Waals surface area contributed by atoms with Crippen LogP contribution >= 0.6 is 0 Å². The van der Waals surface area contributed by atoms with Gasteiger partial charge in [-0.2, -0.15) is 5.53 Å². The van der Waals surface area contributed by atoms with E-state index in [1.807, 2.05) is 24.3 Å². The van der Waals surface area contributed by atoms with Crippen LogP contribution in [-0.2, 0) is 42.8 Å². The van der Waals surface area contributed by atoms with Crippen molar-refractivity contribution in [3.05, 3.63) is 83.3 Å². The number of pyridine rings is 1. The number of unbranched alkanes of at least 4 members (excludes halogenated alkanes) is 3. The van der Waals surface area contributed by atoms with E-state index in [0.29, 0.717) is 53.5 Å². The third kappa shape index (κ3) is 9.07. The van der Waals surface area contributed by atoms with Crippen LogP contribution < -0.4 is 21.3 Å². The third-order valence-corrected chi connectivity index (χ3v) is 7.98. The number of aromatic amines is 1. The normalized spacial score (nSPS) is 13.9. The van der Waals surface area contributed by atoms with Crippen LogP contribution in [0.25, 0.3) is 11.0 Å². The van der Waals surface area contributed by atoms with Gasteiger partial charge < -0.3 is 35.3 Å². The van der Waals surface area contributed by atoms with E-state index >= 15 is 0 Å². The Morgan fingerprint density at radius 3 is 2.58 bits per heavy atom. The molecule has 0 aliphatic carbocycles. The number of nitrogens with one attached hydrogen (secondary N) is 3. The average Bonchev–Trinajstić information content (AvgIpc) is 3.43. The van der Waals surface area contributed by atoms with Crippen molar-refractivity contribution < 1.29 is 49.9 Å². The number of para-hydroxylation sites is 2. The first-order valence-corrected chi connectivity index (χ1v) is 15.4. The van der Waals surface area contributed by atoms with Gasteiger partial charge in [0, 0.05) is 81.7 Å². The zero-order valence-corrected chi connectivity index (χ0v) is 28.3. The van der Waals surface area contributed by atoms with E-state index in [1.54, 1.807) is 47.2 Å². The minimum atomic E-state index is -1.33. The molecule has 0 saturated heterocycles. The van der Waals surface area contributed by atoms with Crippen LogP contribution in [0.15, 0.2) is 65.9 Å². The molecule has 15 heteroatoms. The fourth-order valence-corrected chi connectivity index (χ4v) is 5.53. The summed E-state index contributed by atoms with van der Waals surface area (Å²) < 4.78 is 0. The SMILES string of the molecule is CN(Cc1nc2ccccc2[nH]1)C(=O)c1ccc2c(c1)CN(CCCCCCNC(=O)c1ccc(N=[NH2+])nc1)C(=O)C(CC(=O)[O-])N2.[99Tc]. The molecule has 0 bridgehead atoms. The second-order valence-corrected chi connectivity index (χ2v) is 11.5. The van der Waals surface area contributed by atoms with Gasteiger partial charge in [0.05, 0.1) is 23.1 Å². The Labute approximate surface area is 290 Å². The number of nitrogens with zero attached hydrogens (tertiary/aromatic N) is 5. The number of imidazole rings is 1. The van der Waals surface area contributed by atoms with Gasteiger partial charge >= 0.3 is 0 Å². The van der Waals surface area contributed by atoms with Crippen LogP contribution in [0.1, 0.15) is 64.2 Å². The summed E-state index contributed by atoms with van der Waals surface area (Å²) in [5.74, 6) is -1.12. The van der Waals surface area contributed by atoms with Gasteiger partial charge in [0.2, 0.25) is 11.7 Å². The Morgan fingerprint density at radius 1 is 1.08 bits per heavy atom. The standard InChI is InChI=1S/C33H37N9O5.Tc/c1-41(20-29-38-25-8-4-5-9-26(25)39-29)32(46)21-10-12-24-23(16-21)19-42(33(47)27(37-24)17-30(43)44)15-7-3-2-6-14-35-31(45)22-11-13-28(40-34)36-18-22;/h4-5,8-13,16,18,27,34,37H,2-3,6-7,14-15,17,19-20H2,1H3,(H,35,45)(H,38,39)(H,43,44);/i;1+1. The van der Waals surface area contributed by atoms with Gasteiger partial charge in [-0.1, -0.05) is 25.0 Å². The van der Waals surface area contributed by atoms with Gasteiger partial charge in [-0.05, 0) is 60.9 Å². The van der Waals surface area contributed by atoms with Crippen molar-refractivity contribution in [1.29, 1.82) is 0 Å². The molecule has 48 heavy (non-hydrogen) atoms. The summed E-state index contributed by atoms with van der Waals surface area (Å²) in [6.07, 6.45) is 3.98. The van der Waals surface area contributed by atoms with Gasteiger partial charge in [-0.15, -0.1) is 0 Å². The third-order valence-electron chi connectivity index (χ3n) is 7.98. The number of carboxylic acids is 1. The van der Waals surface area contributed by atoms with Crippen molar-refractivity contribution in [3.63, 3.8) is 0 Å². The molecule has 251 valence electrons. The van der Waals surface area contributed by atoms with Crippen LogP contribution in [0.4, 0.5) is 11.5 Å². The Kier molecular flexibility index (Phi) is 12.5. The van der Waals surface area contributed by atoms with Gasteiger partial charge in [0.15, 0.2) is 0 Å². The molecule has 2 aromatic carbocycles. The molecule has 0 saturated carbocycles. The minimum Gasteiger partial charge on any atom is -0.550 e. The quantitative estimate of drug-likeness (QED) is 0.110. The number of aliphatic carboxylic acids is 1. The minimum absolute atomic E-state index is 0. The molecule has 5 N–H and O–H groups in total. The van der Waals surface area contributed by atoms with Gasteiger partial charge in [0.1, 0.15) is 11.9 Å². The zero-order chi connectivity index (χ0) is 33.3. The van der Waals surface area contributed by atoms with Gasteiger partial charge in [-0.3, -0.25) is 14.4 Å². The number of rotatable bonds is 14. The number of fused-ring (bicyclic) bond motifs is 2. The Balaban J connectivity index is 0.00000520. The number of carboxylic acid groups (broad SMARTS) is 1. The predicted molar refractivity (Wildman–Crippen MR) is 170 cm³/mol. The first-order chi connectivity index (χ1) is 22.7. The molecule has 14 nitrogen and oxygen atoms in total. The van der Waals surface area contributed by atoms with Gasteiger partial charge in [0.25, 0.3) is 11.8 Å². The van der Waals surface area contributed by atoms with E-state index in [9.17, 15) is 24.3 Å². The van der Waals surface area contributed by atoms with E-state index in [-0.39, 0.29) is 50.9 Å². The maximum Gasteiger partial charge on any atom is 0.254 e. The summed E-state index contributed by atoms with van der Waals surface area (Å²) >= 11 is 0. The van der Waals surface area contributed by atoms with E-state index in [2.05, 4.69) is 30.7 Å². The second kappa shape index (κ2) is 16.7. The summed E-state index contributed by atoms with van der Waals surface area (Å²) in [5.41, 5.74) is 9.06. The molecule has 5 rings (SSSR count). The van der Waals surface area contributed by atoms with E-state index < -0.39 is 18.4 Å². The van der Waals surface area contributed by atoms with Crippen LogP contribution in [0.5, 0.6) is 0 Å².